The predicted molar refractivity (Wildman–Crippen MR) is 66.8 cm³/mol. The molecule has 2 heterocycles. The van der Waals surface area contributed by atoms with Crippen LogP contribution < -0.4 is 5.32 Å². The number of carbonyl (C=O) groups excluding carboxylic acids is 1. The van der Waals surface area contributed by atoms with Crippen LogP contribution in [0.3, 0.4) is 0 Å². The number of anilines is 1. The molecule has 0 saturated carbocycles. The maximum Gasteiger partial charge on any atom is 0.350 e. The molecule has 0 saturated heterocycles. The fourth-order valence-corrected chi connectivity index (χ4v) is 2.30. The van der Waals surface area contributed by atoms with Crippen molar-refractivity contribution < 1.29 is 14.1 Å². The van der Waals surface area contributed by atoms with Gasteiger partial charge in [0.2, 0.25) is 0 Å². The minimum Gasteiger partial charge on any atom is -0.465 e. The van der Waals surface area contributed by atoms with Gasteiger partial charge in [0.15, 0.2) is 5.13 Å². The van der Waals surface area contributed by atoms with E-state index in [1.54, 1.807) is 6.92 Å². The highest BCUT2D eigenvalue weighted by atomic mass is 32.1. The molecule has 96 valence electrons. The van der Waals surface area contributed by atoms with Gasteiger partial charge in [0, 0.05) is 6.07 Å². The van der Waals surface area contributed by atoms with E-state index in [4.69, 9.17) is 4.52 Å². The third-order valence-electron chi connectivity index (χ3n) is 2.26. The Morgan fingerprint density at radius 3 is 2.94 bits per heavy atom. The highest BCUT2D eigenvalue weighted by Crippen LogP contribution is 2.23. The van der Waals surface area contributed by atoms with Gasteiger partial charge in [-0.1, -0.05) is 16.5 Å². The van der Waals surface area contributed by atoms with Gasteiger partial charge in [-0.2, -0.15) is 0 Å². The quantitative estimate of drug-likeness (QED) is 0.855. The zero-order valence-electron chi connectivity index (χ0n) is 10.3. The topological polar surface area (TPSA) is 77.2 Å². The lowest BCUT2D eigenvalue weighted by atomic mass is 10.4. The van der Waals surface area contributed by atoms with Crippen LogP contribution in [0.25, 0.3) is 0 Å². The average molecular weight is 267 g/mol. The van der Waals surface area contributed by atoms with Gasteiger partial charge in [-0.3, -0.25) is 0 Å². The van der Waals surface area contributed by atoms with Crippen molar-refractivity contribution in [2.45, 2.75) is 20.4 Å². The molecule has 0 aliphatic heterocycles. The number of aromatic nitrogens is 2. The number of rotatable bonds is 4. The van der Waals surface area contributed by atoms with Crippen LogP contribution in [0.5, 0.6) is 0 Å². The van der Waals surface area contributed by atoms with E-state index < -0.39 is 0 Å². The molecular weight excluding hydrogens is 254 g/mol. The Kier molecular flexibility index (Phi) is 3.61. The summed E-state index contributed by atoms with van der Waals surface area (Å²) in [6, 6.07) is 1.84. The molecule has 0 spiro atoms. The first-order valence-corrected chi connectivity index (χ1v) is 6.13. The Bertz CT molecular complexity index is 562. The zero-order valence-corrected chi connectivity index (χ0v) is 11.1. The molecule has 0 bridgehead atoms. The number of ether oxygens (including phenoxy) is 1. The van der Waals surface area contributed by atoms with Crippen LogP contribution in [-0.2, 0) is 11.3 Å². The predicted octanol–water partition coefficient (Wildman–Crippen LogP) is 2.15. The standard InChI is InChI=1S/C11H13N3O3S/c1-6-4-8(14-17-6)5-12-11-13-7(2)9(18-11)10(15)16-3/h4H,5H2,1-3H3,(H,12,13). The molecule has 0 amide bonds. The molecule has 0 aliphatic rings. The van der Waals surface area contributed by atoms with E-state index in [0.717, 1.165) is 11.5 Å². The lowest BCUT2D eigenvalue weighted by Gasteiger charge is -1.96. The number of nitrogens with one attached hydrogen (secondary N) is 1. The third-order valence-corrected chi connectivity index (χ3v) is 3.36. The van der Waals surface area contributed by atoms with Crippen molar-refractivity contribution in [2.75, 3.05) is 12.4 Å². The summed E-state index contributed by atoms with van der Waals surface area (Å²) in [5.41, 5.74) is 1.45. The third kappa shape index (κ3) is 2.67. The van der Waals surface area contributed by atoms with Crippen LogP contribution in [0.15, 0.2) is 10.6 Å². The van der Waals surface area contributed by atoms with Gasteiger partial charge in [0.05, 0.1) is 19.3 Å². The Labute approximate surface area is 108 Å². The van der Waals surface area contributed by atoms with Gasteiger partial charge >= 0.3 is 5.97 Å². The largest absolute Gasteiger partial charge is 0.465 e. The summed E-state index contributed by atoms with van der Waals surface area (Å²) >= 11 is 1.26. The number of methoxy groups -OCH3 is 1. The summed E-state index contributed by atoms with van der Waals surface area (Å²) in [5.74, 6) is 0.396. The first-order valence-electron chi connectivity index (χ1n) is 5.32. The summed E-state index contributed by atoms with van der Waals surface area (Å²) in [6.45, 7) is 4.11. The summed E-state index contributed by atoms with van der Waals surface area (Å²) in [4.78, 5) is 16.2. The van der Waals surface area contributed by atoms with Crippen molar-refractivity contribution in [3.8, 4) is 0 Å². The number of aryl methyl sites for hydroxylation is 2. The van der Waals surface area contributed by atoms with Crippen LogP contribution in [-0.4, -0.2) is 23.2 Å². The van der Waals surface area contributed by atoms with Gasteiger partial charge in [-0.15, -0.1) is 0 Å². The van der Waals surface area contributed by atoms with E-state index in [9.17, 15) is 4.79 Å². The zero-order chi connectivity index (χ0) is 13.1. The van der Waals surface area contributed by atoms with Crippen molar-refractivity contribution in [3.63, 3.8) is 0 Å². The van der Waals surface area contributed by atoms with E-state index in [0.29, 0.717) is 22.2 Å². The summed E-state index contributed by atoms with van der Waals surface area (Å²) in [5, 5.41) is 7.61. The Hall–Kier alpha value is -1.89. The van der Waals surface area contributed by atoms with Gasteiger partial charge in [-0.25, -0.2) is 9.78 Å². The summed E-state index contributed by atoms with van der Waals surface area (Å²) in [7, 11) is 1.35. The van der Waals surface area contributed by atoms with Crippen molar-refractivity contribution in [1.29, 1.82) is 0 Å². The molecular formula is C11H13N3O3S. The number of carbonyl (C=O) groups is 1. The molecule has 0 fully saturated rings. The molecule has 2 aromatic heterocycles. The lowest BCUT2D eigenvalue weighted by Crippen LogP contribution is -1.99. The monoisotopic (exact) mass is 267 g/mol. The molecule has 0 aliphatic carbocycles. The molecule has 0 aromatic carbocycles. The molecule has 18 heavy (non-hydrogen) atoms. The van der Waals surface area contributed by atoms with Crippen LogP contribution >= 0.6 is 11.3 Å². The lowest BCUT2D eigenvalue weighted by molar-refractivity contribution is 0.0605. The average Bonchev–Trinajstić information content (AvgIpc) is 2.92. The number of hydrogen-bond acceptors (Lipinski definition) is 7. The van der Waals surface area contributed by atoms with E-state index in [1.165, 1.54) is 18.4 Å². The second kappa shape index (κ2) is 5.18. The highest BCUT2D eigenvalue weighted by Gasteiger charge is 2.15. The number of hydrogen-bond donors (Lipinski definition) is 1. The SMILES string of the molecule is COC(=O)c1sc(NCc2cc(C)on2)nc1C. The maximum atomic E-state index is 11.4. The van der Waals surface area contributed by atoms with Crippen molar-refractivity contribution >= 4 is 22.4 Å². The van der Waals surface area contributed by atoms with Gasteiger partial charge < -0.3 is 14.6 Å². The van der Waals surface area contributed by atoms with E-state index >= 15 is 0 Å². The molecule has 0 radical (unpaired) electrons. The molecule has 6 nitrogen and oxygen atoms in total. The Balaban J connectivity index is 2.04. The summed E-state index contributed by atoms with van der Waals surface area (Å²) < 4.78 is 9.63. The Morgan fingerprint density at radius 1 is 1.56 bits per heavy atom. The van der Waals surface area contributed by atoms with Crippen LogP contribution in [0.1, 0.15) is 26.8 Å². The van der Waals surface area contributed by atoms with E-state index in [2.05, 4.69) is 20.2 Å². The minimum atomic E-state index is -0.365. The first-order chi connectivity index (χ1) is 8.60. The van der Waals surface area contributed by atoms with Gasteiger partial charge in [0.1, 0.15) is 16.3 Å². The molecule has 7 heteroatoms. The van der Waals surface area contributed by atoms with Crippen LogP contribution in [0.2, 0.25) is 0 Å². The molecule has 0 unspecified atom stereocenters. The smallest absolute Gasteiger partial charge is 0.350 e. The number of nitrogens with zero attached hydrogens (tertiary/aromatic N) is 2. The second-order valence-electron chi connectivity index (χ2n) is 3.71. The van der Waals surface area contributed by atoms with Crippen LogP contribution in [0, 0.1) is 13.8 Å². The molecule has 2 aromatic rings. The minimum absolute atomic E-state index is 0.365. The molecule has 1 N–H and O–H groups in total. The number of esters is 1. The fraction of sp³-hybridized carbons (Fsp3) is 0.364. The fourth-order valence-electron chi connectivity index (χ4n) is 1.42. The highest BCUT2D eigenvalue weighted by molar-refractivity contribution is 7.17. The second-order valence-corrected chi connectivity index (χ2v) is 4.71. The Morgan fingerprint density at radius 2 is 2.33 bits per heavy atom. The number of thiazole rings is 1. The summed E-state index contributed by atoms with van der Waals surface area (Å²) in [6.07, 6.45) is 0. The van der Waals surface area contributed by atoms with Gasteiger partial charge in [-0.05, 0) is 13.8 Å². The van der Waals surface area contributed by atoms with Crippen molar-refractivity contribution in [2.24, 2.45) is 0 Å². The molecule has 0 atom stereocenters. The van der Waals surface area contributed by atoms with Crippen molar-refractivity contribution in [1.82, 2.24) is 10.1 Å². The van der Waals surface area contributed by atoms with E-state index in [-0.39, 0.29) is 5.97 Å². The maximum absolute atomic E-state index is 11.4. The van der Waals surface area contributed by atoms with Crippen molar-refractivity contribution in [3.05, 3.63) is 28.1 Å². The van der Waals surface area contributed by atoms with Gasteiger partial charge in [0.25, 0.3) is 0 Å². The van der Waals surface area contributed by atoms with Crippen LogP contribution in [0.4, 0.5) is 5.13 Å². The van der Waals surface area contributed by atoms with E-state index in [1.807, 2.05) is 13.0 Å². The molecule has 2 rings (SSSR count). The first kappa shape index (κ1) is 12.6. The normalized spacial score (nSPS) is 10.4.